The lowest BCUT2D eigenvalue weighted by Gasteiger charge is -2.06. The number of hydrazone groups is 1. The van der Waals surface area contributed by atoms with E-state index in [0.29, 0.717) is 32.0 Å². The van der Waals surface area contributed by atoms with E-state index in [1.165, 1.54) is 26.3 Å². The van der Waals surface area contributed by atoms with Gasteiger partial charge in [0.25, 0.3) is 0 Å². The molecule has 0 unspecified atom stereocenters. The molecule has 29 heavy (non-hydrogen) atoms. The van der Waals surface area contributed by atoms with Gasteiger partial charge in [0, 0.05) is 27.2 Å². The molecule has 0 heterocycles. The van der Waals surface area contributed by atoms with Crippen LogP contribution in [-0.4, -0.2) is 57.9 Å². The minimum Gasteiger partial charge on any atom is -0.373 e. The molecule has 0 aliphatic rings. The average Bonchev–Trinajstić information content (AvgIpc) is 2.72. The van der Waals surface area contributed by atoms with E-state index in [0.717, 1.165) is 38.5 Å². The Hall–Kier alpha value is -2.42. The molecule has 0 aromatic rings. The molecule has 0 fully saturated rings. The molecule has 0 saturated heterocycles. The Bertz CT molecular complexity index is 509. The molecule has 0 bridgehead atoms. The van der Waals surface area contributed by atoms with E-state index in [2.05, 4.69) is 38.6 Å². The SMILES string of the molecule is CN/N=C(/COCCCCCCC/C=C\CCCCNC(=O)C(=O)NC)NC=O. The Morgan fingerprint density at radius 1 is 0.897 bits per heavy atom. The molecular formula is C20H37N5O4. The number of amides is 3. The third-order valence-corrected chi connectivity index (χ3v) is 4.05. The van der Waals surface area contributed by atoms with Crippen molar-refractivity contribution in [3.05, 3.63) is 12.2 Å². The topological polar surface area (TPSA) is 121 Å². The number of nitrogens with zero attached hydrogens (tertiary/aromatic N) is 1. The van der Waals surface area contributed by atoms with E-state index in [9.17, 15) is 14.4 Å². The first-order valence-electron chi connectivity index (χ1n) is 10.3. The molecule has 0 saturated carbocycles. The summed E-state index contributed by atoms with van der Waals surface area (Å²) < 4.78 is 5.48. The summed E-state index contributed by atoms with van der Waals surface area (Å²) in [5, 5.41) is 11.3. The van der Waals surface area contributed by atoms with Crippen molar-refractivity contribution >= 4 is 24.1 Å². The van der Waals surface area contributed by atoms with Crippen LogP contribution in [0.15, 0.2) is 17.3 Å². The predicted octanol–water partition coefficient (Wildman–Crippen LogP) is 1.21. The summed E-state index contributed by atoms with van der Waals surface area (Å²) >= 11 is 0. The van der Waals surface area contributed by atoms with Gasteiger partial charge in [0.1, 0.15) is 6.61 Å². The largest absolute Gasteiger partial charge is 0.373 e. The van der Waals surface area contributed by atoms with Crippen molar-refractivity contribution in [2.24, 2.45) is 5.10 Å². The molecule has 9 nitrogen and oxygen atoms in total. The van der Waals surface area contributed by atoms with Gasteiger partial charge < -0.3 is 26.1 Å². The number of unbranched alkanes of at least 4 members (excludes halogenated alkanes) is 7. The molecule has 0 spiro atoms. The van der Waals surface area contributed by atoms with E-state index in [4.69, 9.17) is 4.74 Å². The summed E-state index contributed by atoms with van der Waals surface area (Å²) in [4.78, 5) is 32.6. The molecular weight excluding hydrogens is 374 g/mol. The zero-order valence-corrected chi connectivity index (χ0v) is 17.8. The second-order valence-corrected chi connectivity index (χ2v) is 6.46. The highest BCUT2D eigenvalue weighted by Gasteiger charge is 2.08. The van der Waals surface area contributed by atoms with Gasteiger partial charge in [-0.15, -0.1) is 0 Å². The highest BCUT2D eigenvalue weighted by molar-refractivity contribution is 6.34. The third kappa shape index (κ3) is 17.4. The third-order valence-electron chi connectivity index (χ3n) is 4.05. The van der Waals surface area contributed by atoms with Crippen molar-refractivity contribution in [3.63, 3.8) is 0 Å². The van der Waals surface area contributed by atoms with Crippen LogP contribution in [0.1, 0.15) is 57.8 Å². The minimum absolute atomic E-state index is 0.296. The molecule has 0 rings (SSSR count). The van der Waals surface area contributed by atoms with Crippen molar-refractivity contribution in [1.82, 2.24) is 21.4 Å². The van der Waals surface area contributed by atoms with Crippen LogP contribution < -0.4 is 21.4 Å². The Balaban J connectivity index is 3.38. The van der Waals surface area contributed by atoms with E-state index >= 15 is 0 Å². The summed E-state index contributed by atoms with van der Waals surface area (Å²) in [6.07, 6.45) is 14.6. The zero-order chi connectivity index (χ0) is 21.6. The number of rotatable bonds is 17. The van der Waals surface area contributed by atoms with Crippen LogP contribution in [0.3, 0.4) is 0 Å². The van der Waals surface area contributed by atoms with Gasteiger partial charge >= 0.3 is 11.8 Å². The van der Waals surface area contributed by atoms with Crippen LogP contribution in [0.4, 0.5) is 0 Å². The maximum Gasteiger partial charge on any atom is 0.309 e. The van der Waals surface area contributed by atoms with E-state index in [1.54, 1.807) is 7.05 Å². The van der Waals surface area contributed by atoms with Gasteiger partial charge in [0.2, 0.25) is 6.41 Å². The van der Waals surface area contributed by atoms with Crippen LogP contribution in [0, 0.1) is 0 Å². The molecule has 0 aromatic carbocycles. The van der Waals surface area contributed by atoms with E-state index < -0.39 is 11.8 Å². The predicted molar refractivity (Wildman–Crippen MR) is 114 cm³/mol. The zero-order valence-electron chi connectivity index (χ0n) is 17.8. The molecule has 4 N–H and O–H groups in total. The normalized spacial score (nSPS) is 11.3. The van der Waals surface area contributed by atoms with Gasteiger partial charge in [-0.25, -0.2) is 0 Å². The second-order valence-electron chi connectivity index (χ2n) is 6.46. The second kappa shape index (κ2) is 20.3. The lowest BCUT2D eigenvalue weighted by Crippen LogP contribution is -2.38. The fourth-order valence-corrected chi connectivity index (χ4v) is 2.49. The molecule has 3 amide bonds. The van der Waals surface area contributed by atoms with E-state index in [1.807, 2.05) is 0 Å². The number of nitrogens with one attached hydrogen (secondary N) is 4. The molecule has 0 radical (unpaired) electrons. The number of hydrogen-bond acceptors (Lipinski definition) is 6. The van der Waals surface area contributed by atoms with Gasteiger partial charge in [0.05, 0.1) is 0 Å². The lowest BCUT2D eigenvalue weighted by atomic mass is 10.1. The summed E-state index contributed by atoms with van der Waals surface area (Å²) in [5.41, 5.74) is 2.62. The Labute approximate surface area is 174 Å². The van der Waals surface area contributed by atoms with Crippen LogP contribution in [-0.2, 0) is 19.1 Å². The molecule has 0 aliphatic carbocycles. The number of carbonyl (C=O) groups is 3. The summed E-state index contributed by atoms with van der Waals surface area (Å²) in [6, 6.07) is 0. The minimum atomic E-state index is -0.600. The lowest BCUT2D eigenvalue weighted by molar-refractivity contribution is -0.138. The van der Waals surface area contributed by atoms with Crippen molar-refractivity contribution in [2.75, 3.05) is 33.9 Å². The Morgan fingerprint density at radius 3 is 2.21 bits per heavy atom. The van der Waals surface area contributed by atoms with Gasteiger partial charge in [-0.3, -0.25) is 14.4 Å². The Kier molecular flexibility index (Phi) is 18.6. The Morgan fingerprint density at radius 2 is 1.55 bits per heavy atom. The number of carbonyl (C=O) groups excluding carboxylic acids is 3. The fraction of sp³-hybridized carbons (Fsp3) is 0.700. The van der Waals surface area contributed by atoms with Crippen LogP contribution in [0.2, 0.25) is 0 Å². The first-order valence-corrected chi connectivity index (χ1v) is 10.3. The highest BCUT2D eigenvalue weighted by atomic mass is 16.5. The molecule has 166 valence electrons. The van der Waals surface area contributed by atoms with Crippen molar-refractivity contribution in [2.45, 2.75) is 57.8 Å². The van der Waals surface area contributed by atoms with Gasteiger partial charge in [-0.2, -0.15) is 5.10 Å². The maximum absolute atomic E-state index is 11.2. The number of likely N-dealkylation sites (N-methyl/N-ethyl adjacent to an activating group) is 1. The first kappa shape index (κ1) is 26.6. The number of amidine groups is 1. The van der Waals surface area contributed by atoms with Crippen molar-refractivity contribution in [1.29, 1.82) is 0 Å². The summed E-state index contributed by atoms with van der Waals surface area (Å²) in [6.45, 7) is 1.48. The smallest absolute Gasteiger partial charge is 0.309 e. The fourth-order valence-electron chi connectivity index (χ4n) is 2.49. The maximum atomic E-state index is 11.2. The van der Waals surface area contributed by atoms with E-state index in [-0.39, 0.29) is 0 Å². The average molecular weight is 412 g/mol. The van der Waals surface area contributed by atoms with Crippen molar-refractivity contribution in [3.8, 4) is 0 Å². The molecule has 9 heteroatoms. The van der Waals surface area contributed by atoms with Crippen LogP contribution in [0.25, 0.3) is 0 Å². The number of hydrogen-bond donors (Lipinski definition) is 4. The molecule has 0 atom stereocenters. The van der Waals surface area contributed by atoms with Crippen molar-refractivity contribution < 1.29 is 19.1 Å². The number of ether oxygens (including phenoxy) is 1. The van der Waals surface area contributed by atoms with Gasteiger partial charge in [-0.1, -0.05) is 31.4 Å². The monoisotopic (exact) mass is 411 g/mol. The standard InChI is InChI=1S/C20H37N5O4/c1-21-19(27)20(28)23-14-12-10-8-6-4-3-5-7-9-11-13-15-29-16-18(24-17-26)25-22-2/h4,6,17,22H,3,5,7-16H2,1-2H3,(H,21,27)(H,23,28)(H,24,25,26)/b6-4-. The molecule has 0 aliphatic heterocycles. The van der Waals surface area contributed by atoms with Crippen LogP contribution >= 0.6 is 0 Å². The summed E-state index contributed by atoms with van der Waals surface area (Å²) in [7, 11) is 3.11. The van der Waals surface area contributed by atoms with Gasteiger partial charge in [-0.05, 0) is 38.5 Å². The quantitative estimate of drug-likeness (QED) is 0.0545. The number of allylic oxidation sites excluding steroid dienone is 2. The first-order chi connectivity index (χ1) is 14.2. The molecule has 0 aromatic heterocycles. The summed E-state index contributed by atoms with van der Waals surface area (Å²) in [5.74, 6) is -0.697. The van der Waals surface area contributed by atoms with Crippen LogP contribution in [0.5, 0.6) is 0 Å². The van der Waals surface area contributed by atoms with Gasteiger partial charge in [0.15, 0.2) is 5.84 Å². The highest BCUT2D eigenvalue weighted by Crippen LogP contribution is 2.07.